The van der Waals surface area contributed by atoms with Crippen molar-refractivity contribution in [1.82, 2.24) is 4.90 Å². The normalized spacial score (nSPS) is 25.5. The number of carbonyl (C=O) groups excluding carboxylic acids is 1. The van der Waals surface area contributed by atoms with Crippen molar-refractivity contribution in [2.75, 3.05) is 19.6 Å². The molecule has 0 unspecified atom stereocenters. The molecule has 2 fully saturated rings. The minimum absolute atomic E-state index is 0.0290. The van der Waals surface area contributed by atoms with Crippen molar-refractivity contribution in [1.29, 1.82) is 0 Å². The molecule has 1 aromatic heterocycles. The van der Waals surface area contributed by atoms with Crippen LogP contribution in [0, 0.1) is 12.8 Å². The summed E-state index contributed by atoms with van der Waals surface area (Å²) in [5.41, 5.74) is 1.16. The fourth-order valence-electron chi connectivity index (χ4n) is 3.60. The maximum absolute atomic E-state index is 12.4. The summed E-state index contributed by atoms with van der Waals surface area (Å²) >= 11 is 1.55. The van der Waals surface area contributed by atoms with Gasteiger partial charge in [0.15, 0.2) is 0 Å². The predicted octanol–water partition coefficient (Wildman–Crippen LogP) is 4.31. The van der Waals surface area contributed by atoms with E-state index in [2.05, 4.69) is 9.89 Å². The van der Waals surface area contributed by atoms with Crippen molar-refractivity contribution < 1.29 is 4.79 Å². The van der Waals surface area contributed by atoms with Crippen LogP contribution in [0.2, 0.25) is 0 Å². The summed E-state index contributed by atoms with van der Waals surface area (Å²) in [6.07, 6.45) is 8.70. The Morgan fingerprint density at radius 1 is 1.23 bits per heavy atom. The highest BCUT2D eigenvalue weighted by Crippen LogP contribution is 2.25. The van der Waals surface area contributed by atoms with E-state index >= 15 is 0 Å². The van der Waals surface area contributed by atoms with Crippen LogP contribution in [0.4, 0.5) is 0 Å². The molecule has 3 nitrogen and oxygen atoms in total. The van der Waals surface area contributed by atoms with Crippen LogP contribution in [0.5, 0.6) is 0 Å². The summed E-state index contributed by atoms with van der Waals surface area (Å²) in [5, 5.41) is 0. The van der Waals surface area contributed by atoms with Crippen LogP contribution in [0.25, 0.3) is 0 Å². The standard InChI is InChI=1S/C18H26N2OS/c1-14-9-10-17(22-14)18(21)19-16-8-4-3-7-15(16)13-20-11-5-2-6-12-20/h9-10,15H,2-8,11-13H2,1H3/t15-/m0/s1. The summed E-state index contributed by atoms with van der Waals surface area (Å²) in [4.78, 5) is 21.4. The molecule has 1 saturated heterocycles. The van der Waals surface area contributed by atoms with Crippen LogP contribution in [-0.4, -0.2) is 36.2 Å². The lowest BCUT2D eigenvalue weighted by Gasteiger charge is -2.32. The van der Waals surface area contributed by atoms with Gasteiger partial charge < -0.3 is 4.90 Å². The number of likely N-dealkylation sites (tertiary alicyclic amines) is 1. The molecule has 1 aliphatic carbocycles. The molecular weight excluding hydrogens is 292 g/mol. The van der Waals surface area contributed by atoms with Gasteiger partial charge in [0.2, 0.25) is 0 Å². The number of carbonyl (C=O) groups is 1. The highest BCUT2D eigenvalue weighted by Gasteiger charge is 2.24. The van der Waals surface area contributed by atoms with E-state index in [1.54, 1.807) is 11.3 Å². The van der Waals surface area contributed by atoms with Crippen LogP contribution in [-0.2, 0) is 0 Å². The fourth-order valence-corrected chi connectivity index (χ4v) is 4.35. The van der Waals surface area contributed by atoms with Crippen molar-refractivity contribution >= 4 is 23.0 Å². The maximum atomic E-state index is 12.4. The van der Waals surface area contributed by atoms with Gasteiger partial charge in [0.25, 0.3) is 5.91 Å². The lowest BCUT2D eigenvalue weighted by Crippen LogP contribution is -2.38. The quantitative estimate of drug-likeness (QED) is 0.831. The Kier molecular flexibility index (Phi) is 5.42. The number of hydrogen-bond donors (Lipinski definition) is 0. The zero-order valence-corrected chi connectivity index (χ0v) is 14.3. The Labute approximate surface area is 137 Å². The van der Waals surface area contributed by atoms with Crippen LogP contribution < -0.4 is 0 Å². The summed E-state index contributed by atoms with van der Waals surface area (Å²) in [6.45, 7) is 5.59. The zero-order chi connectivity index (χ0) is 15.4. The van der Waals surface area contributed by atoms with E-state index in [9.17, 15) is 4.79 Å². The molecule has 4 heteroatoms. The SMILES string of the molecule is Cc1ccc(C(=O)N=C2CCCC[C@H]2CN2CCCCC2)s1. The second kappa shape index (κ2) is 7.51. The number of nitrogens with zero attached hydrogens (tertiary/aromatic N) is 2. The first-order valence-corrected chi connectivity index (χ1v) is 9.44. The topological polar surface area (TPSA) is 32.7 Å². The summed E-state index contributed by atoms with van der Waals surface area (Å²) in [6, 6.07) is 3.92. The lowest BCUT2D eigenvalue weighted by atomic mass is 9.86. The number of amides is 1. The van der Waals surface area contributed by atoms with E-state index in [4.69, 9.17) is 0 Å². The van der Waals surface area contributed by atoms with Crippen molar-refractivity contribution in [3.05, 3.63) is 21.9 Å². The van der Waals surface area contributed by atoms with Crippen molar-refractivity contribution in [2.24, 2.45) is 10.9 Å². The highest BCUT2D eigenvalue weighted by molar-refractivity contribution is 7.14. The largest absolute Gasteiger partial charge is 0.303 e. The summed E-state index contributed by atoms with van der Waals surface area (Å²) in [5.74, 6) is 0.468. The lowest BCUT2D eigenvalue weighted by molar-refractivity contribution is 0.100. The Bertz CT molecular complexity index is 543. The van der Waals surface area contributed by atoms with Crippen LogP contribution in [0.3, 0.4) is 0 Å². The zero-order valence-electron chi connectivity index (χ0n) is 13.5. The number of aliphatic imine (C=N–C) groups is 1. The molecular formula is C18H26N2OS. The number of piperidine rings is 1. The van der Waals surface area contributed by atoms with Gasteiger partial charge in [-0.25, -0.2) is 4.99 Å². The average Bonchev–Trinajstić information content (AvgIpc) is 2.97. The number of aryl methyl sites for hydroxylation is 1. The first-order valence-electron chi connectivity index (χ1n) is 8.63. The molecule has 1 saturated carbocycles. The van der Waals surface area contributed by atoms with Gasteiger partial charge in [-0.3, -0.25) is 4.79 Å². The minimum atomic E-state index is -0.0290. The number of thiophene rings is 1. The van der Waals surface area contributed by atoms with E-state index < -0.39 is 0 Å². The van der Waals surface area contributed by atoms with Crippen molar-refractivity contribution in [3.8, 4) is 0 Å². The summed E-state index contributed by atoms with van der Waals surface area (Å²) in [7, 11) is 0. The van der Waals surface area contributed by atoms with Gasteiger partial charge in [0, 0.05) is 23.1 Å². The molecule has 2 aliphatic rings. The van der Waals surface area contributed by atoms with Crippen molar-refractivity contribution in [2.45, 2.75) is 51.9 Å². The average molecular weight is 318 g/mol. The molecule has 0 aromatic carbocycles. The molecule has 1 aromatic rings. The molecule has 0 bridgehead atoms. The van der Waals surface area contributed by atoms with E-state index in [0.29, 0.717) is 5.92 Å². The molecule has 3 rings (SSSR count). The van der Waals surface area contributed by atoms with E-state index in [0.717, 1.165) is 23.6 Å². The van der Waals surface area contributed by atoms with Gasteiger partial charge in [-0.05, 0) is 64.3 Å². The number of hydrogen-bond acceptors (Lipinski definition) is 3. The molecule has 0 N–H and O–H groups in total. The van der Waals surface area contributed by atoms with Gasteiger partial charge >= 0.3 is 0 Å². The smallest absolute Gasteiger partial charge is 0.286 e. The fraction of sp³-hybridized carbons (Fsp3) is 0.667. The van der Waals surface area contributed by atoms with Crippen LogP contribution in [0.1, 0.15) is 59.5 Å². The van der Waals surface area contributed by atoms with Gasteiger partial charge in [0.05, 0.1) is 4.88 Å². The third kappa shape index (κ3) is 4.05. The van der Waals surface area contributed by atoms with E-state index in [1.807, 2.05) is 19.1 Å². The predicted molar refractivity (Wildman–Crippen MR) is 93.1 cm³/mol. The molecule has 1 atom stereocenters. The van der Waals surface area contributed by atoms with E-state index in [1.165, 1.54) is 56.5 Å². The van der Waals surface area contributed by atoms with Gasteiger partial charge in [-0.2, -0.15) is 0 Å². The maximum Gasteiger partial charge on any atom is 0.286 e. The summed E-state index contributed by atoms with van der Waals surface area (Å²) < 4.78 is 0. The van der Waals surface area contributed by atoms with E-state index in [-0.39, 0.29) is 5.91 Å². The van der Waals surface area contributed by atoms with Gasteiger partial charge in [-0.15, -0.1) is 11.3 Å². The highest BCUT2D eigenvalue weighted by atomic mass is 32.1. The van der Waals surface area contributed by atoms with Gasteiger partial charge in [-0.1, -0.05) is 12.8 Å². The Balaban J connectivity index is 1.68. The van der Waals surface area contributed by atoms with Crippen LogP contribution >= 0.6 is 11.3 Å². The molecule has 2 heterocycles. The molecule has 120 valence electrons. The third-order valence-electron chi connectivity index (χ3n) is 4.83. The van der Waals surface area contributed by atoms with Gasteiger partial charge in [0.1, 0.15) is 0 Å². The second-order valence-corrected chi connectivity index (χ2v) is 7.91. The third-order valence-corrected chi connectivity index (χ3v) is 5.82. The molecule has 1 aliphatic heterocycles. The molecule has 0 spiro atoms. The number of rotatable bonds is 3. The molecule has 1 amide bonds. The van der Waals surface area contributed by atoms with Crippen LogP contribution in [0.15, 0.2) is 17.1 Å². The monoisotopic (exact) mass is 318 g/mol. The molecule has 22 heavy (non-hydrogen) atoms. The minimum Gasteiger partial charge on any atom is -0.303 e. The Morgan fingerprint density at radius 3 is 2.77 bits per heavy atom. The van der Waals surface area contributed by atoms with Crippen molar-refractivity contribution in [3.63, 3.8) is 0 Å². The first kappa shape index (κ1) is 15.9. The molecule has 0 radical (unpaired) electrons. The Morgan fingerprint density at radius 2 is 2.05 bits per heavy atom. The Hall–Kier alpha value is -1.00. The second-order valence-electron chi connectivity index (χ2n) is 6.62. The first-order chi connectivity index (χ1) is 10.7.